The Labute approximate surface area is 116 Å². The molecule has 0 amide bonds. The van der Waals surface area contributed by atoms with E-state index in [0.29, 0.717) is 12.3 Å². The third-order valence-corrected chi connectivity index (χ3v) is 2.96. The minimum absolute atomic E-state index is 0.0379. The molecule has 1 fully saturated rings. The van der Waals surface area contributed by atoms with Gasteiger partial charge in [0.05, 0.1) is 0 Å². The average Bonchev–Trinajstić information content (AvgIpc) is 2.29. The monoisotopic (exact) mass is 272 g/mol. The summed E-state index contributed by atoms with van der Waals surface area (Å²) in [6.07, 6.45) is 6.17. The highest BCUT2D eigenvalue weighted by atomic mass is 16.5. The highest BCUT2D eigenvalue weighted by molar-refractivity contribution is 5.71. The molecule has 4 nitrogen and oxygen atoms in total. The molecule has 1 aliphatic carbocycles. The summed E-state index contributed by atoms with van der Waals surface area (Å²) >= 11 is 0. The van der Waals surface area contributed by atoms with Gasteiger partial charge in [-0.25, -0.2) is 0 Å². The second-order valence-electron chi connectivity index (χ2n) is 5.34. The predicted octanol–water partition coefficient (Wildman–Crippen LogP) is 3.78. The van der Waals surface area contributed by atoms with Gasteiger partial charge in [-0.1, -0.05) is 33.6 Å². The number of carbonyl (C=O) groups excluding carboxylic acids is 1. The number of hydrogen-bond acceptors (Lipinski definition) is 3. The fraction of sp³-hybridized carbons (Fsp3) is 0.867. The van der Waals surface area contributed by atoms with Crippen LogP contribution in [0, 0.1) is 5.92 Å². The van der Waals surface area contributed by atoms with Gasteiger partial charge in [0, 0.05) is 12.8 Å². The molecule has 4 heteroatoms. The highest BCUT2D eigenvalue weighted by Crippen LogP contribution is 2.26. The standard InChI is InChI=1S/C12H20O4.C3H8/c1-9-4-2-5-10(8-9)16-12(15)7-3-6-11(13)14;1-3-2/h9-10H,2-8H2,1H3,(H,13,14);3H2,1-2H3. The summed E-state index contributed by atoms with van der Waals surface area (Å²) in [5, 5.41) is 8.43. The molecule has 0 aromatic carbocycles. The Hall–Kier alpha value is -1.06. The topological polar surface area (TPSA) is 63.6 Å². The van der Waals surface area contributed by atoms with Crippen molar-refractivity contribution < 1.29 is 19.4 Å². The first-order valence-corrected chi connectivity index (χ1v) is 7.40. The summed E-state index contributed by atoms with van der Waals surface area (Å²) < 4.78 is 5.31. The van der Waals surface area contributed by atoms with E-state index in [-0.39, 0.29) is 24.9 Å². The summed E-state index contributed by atoms with van der Waals surface area (Å²) in [5.74, 6) is -0.481. The minimum Gasteiger partial charge on any atom is -0.481 e. The number of carboxylic acids is 1. The van der Waals surface area contributed by atoms with Gasteiger partial charge in [0.15, 0.2) is 0 Å². The van der Waals surface area contributed by atoms with Crippen molar-refractivity contribution >= 4 is 11.9 Å². The van der Waals surface area contributed by atoms with E-state index in [4.69, 9.17) is 9.84 Å². The fourth-order valence-electron chi connectivity index (χ4n) is 2.11. The summed E-state index contributed by atoms with van der Waals surface area (Å²) in [6, 6.07) is 0. The van der Waals surface area contributed by atoms with Crippen molar-refractivity contribution in [3.63, 3.8) is 0 Å². The SMILES string of the molecule is CC1CCCC(OC(=O)CCCC(=O)O)C1.CCC. The molecule has 0 aromatic rings. The molecule has 1 saturated carbocycles. The molecule has 0 aromatic heterocycles. The van der Waals surface area contributed by atoms with Gasteiger partial charge in [-0.3, -0.25) is 9.59 Å². The Morgan fingerprint density at radius 3 is 2.37 bits per heavy atom. The van der Waals surface area contributed by atoms with Crippen LogP contribution in [0.4, 0.5) is 0 Å². The number of rotatable bonds is 5. The molecule has 0 heterocycles. The maximum absolute atomic E-state index is 11.4. The lowest BCUT2D eigenvalue weighted by Gasteiger charge is -2.26. The van der Waals surface area contributed by atoms with Crippen LogP contribution in [-0.4, -0.2) is 23.1 Å². The smallest absolute Gasteiger partial charge is 0.306 e. The lowest BCUT2D eigenvalue weighted by Crippen LogP contribution is -2.24. The lowest BCUT2D eigenvalue weighted by atomic mass is 9.89. The molecule has 19 heavy (non-hydrogen) atoms. The van der Waals surface area contributed by atoms with Crippen molar-refractivity contribution in [2.75, 3.05) is 0 Å². The first-order chi connectivity index (χ1) is 8.99. The normalized spacial score (nSPS) is 22.1. The van der Waals surface area contributed by atoms with Crippen LogP contribution in [0.15, 0.2) is 0 Å². The summed E-state index contributed by atoms with van der Waals surface area (Å²) in [5.41, 5.74) is 0. The largest absolute Gasteiger partial charge is 0.481 e. The van der Waals surface area contributed by atoms with Gasteiger partial charge < -0.3 is 9.84 Å². The zero-order valence-corrected chi connectivity index (χ0v) is 12.5. The maximum atomic E-state index is 11.4. The van der Waals surface area contributed by atoms with E-state index >= 15 is 0 Å². The quantitative estimate of drug-likeness (QED) is 0.774. The van der Waals surface area contributed by atoms with E-state index in [2.05, 4.69) is 20.8 Å². The first-order valence-electron chi connectivity index (χ1n) is 7.40. The third-order valence-electron chi connectivity index (χ3n) is 2.96. The van der Waals surface area contributed by atoms with Gasteiger partial charge in [0.2, 0.25) is 0 Å². The van der Waals surface area contributed by atoms with Crippen LogP contribution < -0.4 is 0 Å². The van der Waals surface area contributed by atoms with Gasteiger partial charge in [-0.15, -0.1) is 0 Å². The number of esters is 1. The van der Waals surface area contributed by atoms with Crippen molar-refractivity contribution in [2.24, 2.45) is 5.92 Å². The Morgan fingerprint density at radius 2 is 1.84 bits per heavy atom. The molecule has 112 valence electrons. The molecule has 1 rings (SSSR count). The number of ether oxygens (including phenoxy) is 1. The van der Waals surface area contributed by atoms with E-state index in [1.165, 1.54) is 12.8 Å². The van der Waals surface area contributed by atoms with Gasteiger partial charge in [0.1, 0.15) is 6.10 Å². The second kappa shape index (κ2) is 10.8. The number of carbonyl (C=O) groups is 2. The zero-order chi connectivity index (χ0) is 14.7. The van der Waals surface area contributed by atoms with Crippen molar-refractivity contribution in [2.45, 2.75) is 78.2 Å². The van der Waals surface area contributed by atoms with Gasteiger partial charge >= 0.3 is 11.9 Å². The lowest BCUT2D eigenvalue weighted by molar-refractivity contribution is -0.151. The molecule has 0 saturated heterocycles. The molecular weight excluding hydrogens is 244 g/mol. The summed E-state index contributed by atoms with van der Waals surface area (Å²) in [6.45, 7) is 6.42. The van der Waals surface area contributed by atoms with Crippen LogP contribution in [0.5, 0.6) is 0 Å². The van der Waals surface area contributed by atoms with E-state index in [9.17, 15) is 9.59 Å². The van der Waals surface area contributed by atoms with Gasteiger partial charge in [0.25, 0.3) is 0 Å². The van der Waals surface area contributed by atoms with Crippen molar-refractivity contribution in [3.05, 3.63) is 0 Å². The van der Waals surface area contributed by atoms with Crippen LogP contribution >= 0.6 is 0 Å². The molecular formula is C15H28O4. The van der Waals surface area contributed by atoms with Gasteiger partial charge in [-0.2, -0.15) is 0 Å². The number of hydrogen-bond donors (Lipinski definition) is 1. The van der Waals surface area contributed by atoms with Crippen LogP contribution in [0.25, 0.3) is 0 Å². The average molecular weight is 272 g/mol. The third kappa shape index (κ3) is 10.5. The molecule has 2 atom stereocenters. The Bertz CT molecular complexity index is 263. The number of aliphatic carboxylic acids is 1. The zero-order valence-electron chi connectivity index (χ0n) is 12.5. The van der Waals surface area contributed by atoms with E-state index < -0.39 is 5.97 Å². The molecule has 1 N–H and O–H groups in total. The molecule has 0 spiro atoms. The fourth-order valence-corrected chi connectivity index (χ4v) is 2.11. The highest BCUT2D eigenvalue weighted by Gasteiger charge is 2.21. The molecule has 0 aliphatic heterocycles. The van der Waals surface area contributed by atoms with Crippen molar-refractivity contribution in [3.8, 4) is 0 Å². The van der Waals surface area contributed by atoms with Crippen LogP contribution in [0.1, 0.15) is 72.1 Å². The summed E-state index contributed by atoms with van der Waals surface area (Å²) in [4.78, 5) is 21.6. The maximum Gasteiger partial charge on any atom is 0.306 e. The molecule has 2 unspecified atom stereocenters. The van der Waals surface area contributed by atoms with Crippen LogP contribution in [0.3, 0.4) is 0 Å². The molecule has 0 bridgehead atoms. The van der Waals surface area contributed by atoms with Gasteiger partial charge in [-0.05, 0) is 31.6 Å². The molecule has 0 radical (unpaired) electrons. The second-order valence-corrected chi connectivity index (χ2v) is 5.34. The van der Waals surface area contributed by atoms with Crippen molar-refractivity contribution in [1.29, 1.82) is 0 Å². The van der Waals surface area contributed by atoms with E-state index in [0.717, 1.165) is 19.3 Å². The van der Waals surface area contributed by atoms with Crippen LogP contribution in [0.2, 0.25) is 0 Å². The van der Waals surface area contributed by atoms with Crippen LogP contribution in [-0.2, 0) is 14.3 Å². The summed E-state index contributed by atoms with van der Waals surface area (Å²) in [7, 11) is 0. The Morgan fingerprint density at radius 1 is 1.21 bits per heavy atom. The first kappa shape index (κ1) is 17.9. The predicted molar refractivity (Wildman–Crippen MR) is 75.0 cm³/mol. The Kier molecular flexibility index (Phi) is 10.2. The Balaban J connectivity index is 0.000000982. The minimum atomic E-state index is -0.862. The molecule has 1 aliphatic rings. The van der Waals surface area contributed by atoms with Crippen molar-refractivity contribution in [1.82, 2.24) is 0 Å². The van der Waals surface area contributed by atoms with E-state index in [1.807, 2.05) is 0 Å². The number of carboxylic acid groups (broad SMARTS) is 1. The van der Waals surface area contributed by atoms with E-state index in [1.54, 1.807) is 0 Å².